The Balaban J connectivity index is 3.13. The summed E-state index contributed by atoms with van der Waals surface area (Å²) in [6.07, 6.45) is 6.94. The SMILES string of the molecule is [C-]#[N+]C(CCCCCCC)OC. The molecule has 0 spiro atoms. The highest BCUT2D eigenvalue weighted by molar-refractivity contribution is 4.67. The van der Waals surface area contributed by atoms with Crippen LogP contribution >= 0.6 is 0 Å². The van der Waals surface area contributed by atoms with Crippen molar-refractivity contribution in [1.29, 1.82) is 0 Å². The Morgan fingerprint density at radius 2 is 1.92 bits per heavy atom. The lowest BCUT2D eigenvalue weighted by molar-refractivity contribution is 0.129. The van der Waals surface area contributed by atoms with E-state index in [0.29, 0.717) is 0 Å². The van der Waals surface area contributed by atoms with Gasteiger partial charge in [-0.05, 0) is 6.42 Å². The first-order valence-electron chi connectivity index (χ1n) is 4.74. The molecule has 0 radical (unpaired) electrons. The molecular weight excluding hydrogens is 150 g/mol. The summed E-state index contributed by atoms with van der Waals surface area (Å²) in [5, 5.41) is 0. The molecule has 0 aliphatic carbocycles. The Labute approximate surface area is 75.7 Å². The first kappa shape index (κ1) is 11.4. The van der Waals surface area contributed by atoms with Gasteiger partial charge in [-0.3, -0.25) is 4.85 Å². The van der Waals surface area contributed by atoms with Gasteiger partial charge in [-0.15, -0.1) is 0 Å². The van der Waals surface area contributed by atoms with Crippen molar-refractivity contribution in [3.8, 4) is 0 Å². The summed E-state index contributed by atoms with van der Waals surface area (Å²) < 4.78 is 4.95. The number of unbranched alkanes of at least 4 members (excludes halogenated alkanes) is 4. The predicted octanol–water partition coefficient (Wildman–Crippen LogP) is 3.24. The summed E-state index contributed by atoms with van der Waals surface area (Å²) in [6, 6.07) is 0. The summed E-state index contributed by atoms with van der Waals surface area (Å²) in [6.45, 7) is 8.98. The zero-order valence-electron chi connectivity index (χ0n) is 8.18. The van der Waals surface area contributed by atoms with Crippen LogP contribution in [0.2, 0.25) is 0 Å². The molecule has 0 aliphatic heterocycles. The van der Waals surface area contributed by atoms with Gasteiger partial charge in [0.1, 0.15) is 0 Å². The Hall–Kier alpha value is -0.550. The van der Waals surface area contributed by atoms with E-state index in [2.05, 4.69) is 11.8 Å². The molecule has 1 unspecified atom stereocenters. The van der Waals surface area contributed by atoms with Crippen LogP contribution in [-0.2, 0) is 4.74 Å². The Morgan fingerprint density at radius 3 is 2.42 bits per heavy atom. The lowest BCUT2D eigenvalue weighted by Gasteiger charge is -2.02. The van der Waals surface area contributed by atoms with Gasteiger partial charge in [0.2, 0.25) is 0 Å². The van der Waals surface area contributed by atoms with Crippen molar-refractivity contribution in [1.82, 2.24) is 0 Å². The van der Waals surface area contributed by atoms with Crippen LogP contribution in [0.5, 0.6) is 0 Å². The Morgan fingerprint density at radius 1 is 1.25 bits per heavy atom. The number of ether oxygens (including phenoxy) is 1. The standard InChI is InChI=1S/C10H19NO/c1-4-5-6-7-8-9-10(11-2)12-3/h10H,4-9H2,1,3H3. The second-order valence-corrected chi connectivity index (χ2v) is 3.02. The average Bonchev–Trinajstić information content (AvgIpc) is 2.11. The molecule has 0 bridgehead atoms. The normalized spacial score (nSPS) is 12.4. The monoisotopic (exact) mass is 169 g/mol. The minimum atomic E-state index is -0.202. The van der Waals surface area contributed by atoms with Gasteiger partial charge in [0.05, 0.1) is 6.42 Å². The van der Waals surface area contributed by atoms with E-state index >= 15 is 0 Å². The third-order valence-electron chi connectivity index (χ3n) is 1.97. The second kappa shape index (κ2) is 8.55. The molecule has 0 aromatic carbocycles. The molecular formula is C10H19NO. The van der Waals surface area contributed by atoms with Gasteiger partial charge in [-0.1, -0.05) is 32.6 Å². The molecule has 0 rings (SSSR count). The molecule has 0 aromatic heterocycles. The van der Waals surface area contributed by atoms with Crippen LogP contribution in [0.15, 0.2) is 0 Å². The fourth-order valence-electron chi connectivity index (χ4n) is 1.16. The molecule has 70 valence electrons. The van der Waals surface area contributed by atoms with Crippen LogP contribution in [-0.4, -0.2) is 13.3 Å². The lowest BCUT2D eigenvalue weighted by Crippen LogP contribution is -2.03. The van der Waals surface area contributed by atoms with E-state index in [1.807, 2.05) is 0 Å². The van der Waals surface area contributed by atoms with Gasteiger partial charge in [-0.2, -0.15) is 0 Å². The summed E-state index contributed by atoms with van der Waals surface area (Å²) in [4.78, 5) is 3.35. The third kappa shape index (κ3) is 6.18. The number of nitrogens with zero attached hydrogens (tertiary/aromatic N) is 1. The van der Waals surface area contributed by atoms with Crippen LogP contribution < -0.4 is 0 Å². The van der Waals surface area contributed by atoms with E-state index < -0.39 is 0 Å². The maximum atomic E-state index is 6.78. The zero-order chi connectivity index (χ0) is 9.23. The van der Waals surface area contributed by atoms with E-state index in [9.17, 15) is 0 Å². The van der Waals surface area contributed by atoms with Gasteiger partial charge in [0.15, 0.2) is 0 Å². The fraction of sp³-hybridized carbons (Fsp3) is 0.900. The first-order valence-corrected chi connectivity index (χ1v) is 4.74. The molecule has 12 heavy (non-hydrogen) atoms. The van der Waals surface area contributed by atoms with Crippen LogP contribution in [0.1, 0.15) is 45.4 Å². The maximum absolute atomic E-state index is 6.78. The molecule has 2 nitrogen and oxygen atoms in total. The smallest absolute Gasteiger partial charge is 0.314 e. The number of hydrogen-bond donors (Lipinski definition) is 0. The van der Waals surface area contributed by atoms with Gasteiger partial charge in [-0.25, -0.2) is 6.57 Å². The zero-order valence-corrected chi connectivity index (χ0v) is 8.18. The number of hydrogen-bond acceptors (Lipinski definition) is 1. The molecule has 0 fully saturated rings. The maximum Gasteiger partial charge on any atom is 0.327 e. The summed E-state index contributed by atoms with van der Waals surface area (Å²) in [5.74, 6) is 0. The van der Waals surface area contributed by atoms with Crippen LogP contribution in [0.25, 0.3) is 4.85 Å². The second-order valence-electron chi connectivity index (χ2n) is 3.02. The molecule has 1 atom stereocenters. The average molecular weight is 169 g/mol. The van der Waals surface area contributed by atoms with Gasteiger partial charge in [0.25, 0.3) is 0 Å². The van der Waals surface area contributed by atoms with Gasteiger partial charge in [0, 0.05) is 7.11 Å². The largest absolute Gasteiger partial charge is 0.327 e. The minimum absolute atomic E-state index is 0.202. The van der Waals surface area contributed by atoms with Crippen LogP contribution in [0.3, 0.4) is 0 Å². The minimum Gasteiger partial charge on any atom is -0.314 e. The van der Waals surface area contributed by atoms with Crippen molar-refractivity contribution >= 4 is 0 Å². The summed E-state index contributed by atoms with van der Waals surface area (Å²) in [7, 11) is 1.61. The topological polar surface area (TPSA) is 13.6 Å². The Kier molecular flexibility index (Phi) is 8.15. The number of rotatable bonds is 7. The van der Waals surface area contributed by atoms with E-state index in [0.717, 1.165) is 12.8 Å². The molecule has 0 saturated carbocycles. The molecule has 0 amide bonds. The highest BCUT2D eigenvalue weighted by Crippen LogP contribution is 2.09. The molecule has 2 heteroatoms. The lowest BCUT2D eigenvalue weighted by atomic mass is 10.1. The van der Waals surface area contributed by atoms with E-state index in [1.54, 1.807) is 7.11 Å². The fourth-order valence-corrected chi connectivity index (χ4v) is 1.16. The van der Waals surface area contributed by atoms with Crippen molar-refractivity contribution < 1.29 is 4.74 Å². The van der Waals surface area contributed by atoms with Crippen LogP contribution in [0.4, 0.5) is 0 Å². The van der Waals surface area contributed by atoms with Crippen molar-refractivity contribution in [3.05, 3.63) is 11.4 Å². The summed E-state index contributed by atoms with van der Waals surface area (Å²) in [5.41, 5.74) is 0. The van der Waals surface area contributed by atoms with Crippen LogP contribution in [0, 0.1) is 6.57 Å². The highest BCUT2D eigenvalue weighted by Gasteiger charge is 2.07. The van der Waals surface area contributed by atoms with E-state index in [1.165, 1.54) is 25.7 Å². The van der Waals surface area contributed by atoms with E-state index in [-0.39, 0.29) is 6.23 Å². The van der Waals surface area contributed by atoms with Gasteiger partial charge >= 0.3 is 6.23 Å². The van der Waals surface area contributed by atoms with E-state index in [4.69, 9.17) is 11.3 Å². The molecule has 0 heterocycles. The van der Waals surface area contributed by atoms with Crippen molar-refractivity contribution in [2.75, 3.05) is 7.11 Å². The molecule has 0 aromatic rings. The number of methoxy groups -OCH3 is 1. The van der Waals surface area contributed by atoms with Gasteiger partial charge < -0.3 is 4.74 Å². The quantitative estimate of drug-likeness (QED) is 0.421. The van der Waals surface area contributed by atoms with Crippen molar-refractivity contribution in [2.45, 2.75) is 51.7 Å². The highest BCUT2D eigenvalue weighted by atomic mass is 16.5. The Bertz CT molecular complexity index is 128. The molecule has 0 aliphatic rings. The van der Waals surface area contributed by atoms with Crippen molar-refractivity contribution in [3.63, 3.8) is 0 Å². The first-order chi connectivity index (χ1) is 5.85. The third-order valence-corrected chi connectivity index (χ3v) is 1.97. The van der Waals surface area contributed by atoms with Crippen molar-refractivity contribution in [2.24, 2.45) is 0 Å². The molecule has 0 saturated heterocycles. The predicted molar refractivity (Wildman–Crippen MR) is 50.8 cm³/mol. The summed E-state index contributed by atoms with van der Waals surface area (Å²) >= 11 is 0. The molecule has 0 N–H and O–H groups in total.